The van der Waals surface area contributed by atoms with E-state index in [2.05, 4.69) is 12.0 Å². The monoisotopic (exact) mass is 261 g/mol. The predicted octanol–water partition coefficient (Wildman–Crippen LogP) is 2.83. The third-order valence-electron chi connectivity index (χ3n) is 3.28. The lowest BCUT2D eigenvalue weighted by Gasteiger charge is -2.11. The van der Waals surface area contributed by atoms with Gasteiger partial charge in [0.05, 0.1) is 5.69 Å². The van der Waals surface area contributed by atoms with E-state index >= 15 is 0 Å². The van der Waals surface area contributed by atoms with Crippen LogP contribution in [-0.4, -0.2) is 14.3 Å². The fraction of sp³-hybridized carbons (Fsp3) is 0.467. The minimum Gasteiger partial charge on any atom is -0.309 e. The molecule has 2 aromatic heterocycles. The summed E-state index contributed by atoms with van der Waals surface area (Å²) in [6.45, 7) is 8.78. The van der Waals surface area contributed by atoms with Crippen LogP contribution >= 0.6 is 0 Å². The molecule has 0 aliphatic rings. The average molecular weight is 261 g/mol. The van der Waals surface area contributed by atoms with Crippen molar-refractivity contribution in [2.45, 2.75) is 41.7 Å². The van der Waals surface area contributed by atoms with Gasteiger partial charge in [0.15, 0.2) is 0 Å². The maximum atomic E-state index is 12.0. The third kappa shape index (κ3) is 2.48. The van der Waals surface area contributed by atoms with Crippen molar-refractivity contribution in [2.24, 2.45) is 7.05 Å². The van der Waals surface area contributed by atoms with Crippen molar-refractivity contribution in [1.82, 2.24) is 14.3 Å². The molecule has 19 heavy (non-hydrogen) atoms. The van der Waals surface area contributed by atoms with Crippen LogP contribution in [0.15, 0.2) is 17.1 Å². The summed E-state index contributed by atoms with van der Waals surface area (Å²) in [7, 11) is 1.81. The molecule has 0 aromatic carbocycles. The van der Waals surface area contributed by atoms with E-state index in [1.807, 2.05) is 44.8 Å². The molecule has 0 saturated carbocycles. The lowest BCUT2D eigenvalue weighted by Crippen LogP contribution is -2.22. The Kier molecular flexibility index (Phi) is 4.35. The van der Waals surface area contributed by atoms with Gasteiger partial charge in [-0.2, -0.15) is 5.10 Å². The van der Waals surface area contributed by atoms with Gasteiger partial charge in [-0.1, -0.05) is 7.43 Å². The fourth-order valence-corrected chi connectivity index (χ4v) is 2.35. The van der Waals surface area contributed by atoms with Gasteiger partial charge < -0.3 is 4.57 Å². The summed E-state index contributed by atoms with van der Waals surface area (Å²) < 4.78 is 3.59. The zero-order chi connectivity index (χ0) is 13.4. The molecule has 2 heterocycles. The number of hydrogen-bond acceptors (Lipinski definition) is 2. The van der Waals surface area contributed by atoms with E-state index in [0.717, 1.165) is 34.6 Å². The first-order chi connectivity index (χ1) is 8.45. The van der Waals surface area contributed by atoms with Crippen molar-refractivity contribution in [2.75, 3.05) is 0 Å². The Morgan fingerprint density at radius 3 is 2.32 bits per heavy atom. The molecule has 0 aliphatic carbocycles. The van der Waals surface area contributed by atoms with Crippen LogP contribution < -0.4 is 5.56 Å². The molecule has 0 amide bonds. The highest BCUT2D eigenvalue weighted by molar-refractivity contribution is 5.62. The van der Waals surface area contributed by atoms with E-state index in [1.165, 1.54) is 0 Å². The molecule has 4 nitrogen and oxygen atoms in total. The van der Waals surface area contributed by atoms with Crippen molar-refractivity contribution >= 4 is 0 Å². The first-order valence-corrected chi connectivity index (χ1v) is 6.17. The molecule has 0 bridgehead atoms. The molecular formula is C15H23N3O. The number of aryl methyl sites for hydroxylation is 4. The summed E-state index contributed by atoms with van der Waals surface area (Å²) >= 11 is 0. The lowest BCUT2D eigenvalue weighted by molar-refractivity contribution is 0.659. The Morgan fingerprint density at radius 2 is 1.79 bits per heavy atom. The summed E-state index contributed by atoms with van der Waals surface area (Å²) in [5.41, 5.74) is 4.80. The van der Waals surface area contributed by atoms with Gasteiger partial charge >= 0.3 is 0 Å². The molecule has 0 fully saturated rings. The van der Waals surface area contributed by atoms with Crippen molar-refractivity contribution in [3.8, 4) is 11.4 Å². The van der Waals surface area contributed by atoms with Crippen molar-refractivity contribution in [1.29, 1.82) is 0 Å². The van der Waals surface area contributed by atoms with Crippen LogP contribution in [0.3, 0.4) is 0 Å². The van der Waals surface area contributed by atoms with Gasteiger partial charge in [0.1, 0.15) is 5.69 Å². The first-order valence-electron chi connectivity index (χ1n) is 6.17. The van der Waals surface area contributed by atoms with Crippen LogP contribution in [0.4, 0.5) is 0 Å². The zero-order valence-corrected chi connectivity index (χ0v) is 11.6. The quantitative estimate of drug-likeness (QED) is 0.834. The fourth-order valence-electron chi connectivity index (χ4n) is 2.35. The molecule has 0 spiro atoms. The van der Waals surface area contributed by atoms with E-state index in [1.54, 1.807) is 4.57 Å². The summed E-state index contributed by atoms with van der Waals surface area (Å²) in [5, 5.41) is 4.55. The highest BCUT2D eigenvalue weighted by atomic mass is 16.1. The van der Waals surface area contributed by atoms with Crippen LogP contribution in [0.1, 0.15) is 31.0 Å². The zero-order valence-electron chi connectivity index (χ0n) is 11.6. The summed E-state index contributed by atoms with van der Waals surface area (Å²) in [4.78, 5) is 12.0. The minimum absolute atomic E-state index is 0. The summed E-state index contributed by atoms with van der Waals surface area (Å²) in [6.07, 6.45) is 2.01. The molecule has 0 unspecified atom stereocenters. The van der Waals surface area contributed by atoms with Gasteiger partial charge in [-0.05, 0) is 44.9 Å². The number of aromatic nitrogens is 3. The van der Waals surface area contributed by atoms with Crippen LogP contribution in [0.2, 0.25) is 0 Å². The van der Waals surface area contributed by atoms with Crippen LogP contribution in [0, 0.1) is 20.8 Å². The number of hydrogen-bond donors (Lipinski definition) is 0. The molecule has 2 aromatic rings. The Bertz CT molecular complexity index is 650. The molecule has 0 N–H and O–H groups in total. The second-order valence-corrected chi connectivity index (χ2v) is 4.74. The molecule has 104 valence electrons. The molecule has 0 saturated heterocycles. The Balaban J connectivity index is 0.00000180. The van der Waals surface area contributed by atoms with Gasteiger partial charge in [-0.3, -0.25) is 9.48 Å². The third-order valence-corrected chi connectivity index (χ3v) is 3.28. The SMILES string of the molecule is C.CCn1cc(C)c(-c2c(C)cc(C)c(=O)n2C)n1. The van der Waals surface area contributed by atoms with Crippen molar-refractivity contribution < 1.29 is 0 Å². The van der Waals surface area contributed by atoms with Crippen molar-refractivity contribution in [3.05, 3.63) is 39.3 Å². The van der Waals surface area contributed by atoms with Gasteiger partial charge in [-0.15, -0.1) is 0 Å². The van der Waals surface area contributed by atoms with E-state index in [9.17, 15) is 4.79 Å². The normalized spacial score (nSPS) is 10.4. The van der Waals surface area contributed by atoms with Crippen LogP contribution in [0.25, 0.3) is 11.4 Å². The second kappa shape index (κ2) is 5.43. The molecule has 0 aliphatic heterocycles. The number of nitrogens with zero attached hydrogens (tertiary/aromatic N) is 3. The van der Waals surface area contributed by atoms with E-state index in [-0.39, 0.29) is 13.0 Å². The van der Waals surface area contributed by atoms with Gasteiger partial charge in [0.2, 0.25) is 0 Å². The highest BCUT2D eigenvalue weighted by Gasteiger charge is 2.14. The molecular weight excluding hydrogens is 238 g/mol. The molecule has 4 heteroatoms. The minimum atomic E-state index is 0. The highest BCUT2D eigenvalue weighted by Crippen LogP contribution is 2.23. The van der Waals surface area contributed by atoms with E-state index in [0.29, 0.717) is 0 Å². The summed E-state index contributed by atoms with van der Waals surface area (Å²) in [6, 6.07) is 1.93. The smallest absolute Gasteiger partial charge is 0.253 e. The van der Waals surface area contributed by atoms with Crippen LogP contribution in [-0.2, 0) is 13.6 Å². The number of rotatable bonds is 2. The predicted molar refractivity (Wildman–Crippen MR) is 79.5 cm³/mol. The van der Waals surface area contributed by atoms with Gasteiger partial charge in [-0.25, -0.2) is 0 Å². The summed E-state index contributed by atoms with van der Waals surface area (Å²) in [5.74, 6) is 0. The lowest BCUT2D eigenvalue weighted by atomic mass is 10.1. The largest absolute Gasteiger partial charge is 0.309 e. The molecule has 2 rings (SSSR count). The maximum Gasteiger partial charge on any atom is 0.253 e. The topological polar surface area (TPSA) is 39.8 Å². The Hall–Kier alpha value is -1.84. The number of pyridine rings is 1. The van der Waals surface area contributed by atoms with Gasteiger partial charge in [0.25, 0.3) is 5.56 Å². The van der Waals surface area contributed by atoms with Crippen LogP contribution in [0.5, 0.6) is 0 Å². The molecule has 0 radical (unpaired) electrons. The van der Waals surface area contributed by atoms with Gasteiger partial charge in [0, 0.05) is 25.4 Å². The average Bonchev–Trinajstić information content (AvgIpc) is 2.68. The maximum absolute atomic E-state index is 12.0. The standard InChI is InChI=1S/C14H19N3O.CH4/c1-6-17-8-11(4)12(15-17)13-9(2)7-10(3)14(18)16(13)5;/h7-8H,6H2,1-5H3;1H4. The van der Waals surface area contributed by atoms with Crippen molar-refractivity contribution in [3.63, 3.8) is 0 Å². The Morgan fingerprint density at radius 1 is 1.16 bits per heavy atom. The Labute approximate surface area is 114 Å². The second-order valence-electron chi connectivity index (χ2n) is 4.74. The van der Waals surface area contributed by atoms with E-state index < -0.39 is 0 Å². The molecule has 0 atom stereocenters. The van der Waals surface area contributed by atoms with E-state index in [4.69, 9.17) is 0 Å². The first kappa shape index (κ1) is 15.2.